The Kier molecular flexibility index (Phi) is 5.15. The molecule has 2 saturated heterocycles. The molecule has 2 aliphatic heterocycles. The standard InChI is InChI=1S/C30H37ClN2O4/c1-27-9-11-29(36)15-21-24(34)25(35)22(33(2)3)16-28(21)10-12-30(29,37-28)23(27)7-6-20(27)18-5-4-17-8-13-32-26(31)19(17)14-18/h4-6,8,13-14,21-25,34-36H,7,9-12,15-16H2,1-3H3/t21?,22-,23?,24+,25+,27+,28+,29?,30-/m0/s1. The van der Waals surface area contributed by atoms with Gasteiger partial charge in [-0.3, -0.25) is 0 Å². The normalized spacial score (nSPS) is 46.5. The first-order valence-corrected chi connectivity index (χ1v) is 14.1. The number of rotatable bonds is 2. The summed E-state index contributed by atoms with van der Waals surface area (Å²) in [6.45, 7) is 2.35. The van der Waals surface area contributed by atoms with Crippen molar-refractivity contribution in [3.8, 4) is 0 Å². The van der Waals surface area contributed by atoms with Gasteiger partial charge in [-0.05, 0) is 93.1 Å². The molecule has 7 heteroatoms. The molecule has 3 heterocycles. The van der Waals surface area contributed by atoms with E-state index in [0.29, 0.717) is 24.4 Å². The second-order valence-electron chi connectivity index (χ2n) is 13.0. The number of allylic oxidation sites excluding steroid dienone is 2. The number of fused-ring (bicyclic) bond motifs is 2. The first-order chi connectivity index (χ1) is 17.5. The molecule has 9 atom stereocenters. The molecule has 4 fully saturated rings. The van der Waals surface area contributed by atoms with E-state index in [1.807, 2.05) is 25.1 Å². The van der Waals surface area contributed by atoms with Crippen molar-refractivity contribution in [3.63, 3.8) is 0 Å². The van der Waals surface area contributed by atoms with Crippen LogP contribution in [-0.2, 0) is 4.74 Å². The van der Waals surface area contributed by atoms with Crippen molar-refractivity contribution in [2.45, 2.75) is 86.9 Å². The molecule has 37 heavy (non-hydrogen) atoms. The molecule has 3 N–H and O–H groups in total. The fourth-order valence-electron chi connectivity index (χ4n) is 9.36. The van der Waals surface area contributed by atoms with E-state index in [-0.39, 0.29) is 23.3 Å². The maximum absolute atomic E-state index is 12.3. The third-order valence-electron chi connectivity index (χ3n) is 11.3. The molecule has 3 aliphatic carbocycles. The minimum Gasteiger partial charge on any atom is -0.390 e. The number of halogens is 1. The maximum atomic E-state index is 12.3. The average molecular weight is 525 g/mol. The van der Waals surface area contributed by atoms with Gasteiger partial charge in [-0.1, -0.05) is 36.7 Å². The zero-order valence-corrected chi connectivity index (χ0v) is 22.6. The summed E-state index contributed by atoms with van der Waals surface area (Å²) in [5.74, 6) is -0.108. The molecular formula is C30H37ClN2O4. The number of aliphatic hydroxyl groups excluding tert-OH is 2. The van der Waals surface area contributed by atoms with Gasteiger partial charge in [0.1, 0.15) is 10.8 Å². The molecular weight excluding hydrogens is 488 g/mol. The predicted octanol–water partition coefficient (Wildman–Crippen LogP) is 4.19. The fourth-order valence-corrected chi connectivity index (χ4v) is 9.58. The van der Waals surface area contributed by atoms with Gasteiger partial charge >= 0.3 is 0 Å². The summed E-state index contributed by atoms with van der Waals surface area (Å²) < 4.78 is 7.22. The first kappa shape index (κ1) is 24.5. The van der Waals surface area contributed by atoms with Crippen molar-refractivity contribution in [3.05, 3.63) is 47.3 Å². The SMILES string of the molecule is CN(C)[C@H]1C[C@@]23CC[C@]4(O2)C2CC=C(c5ccc6ccnc(Cl)c6c5)[C@@]2(C)CCC4(O)CC3[C@@H](O)[C@@H]1O. The summed E-state index contributed by atoms with van der Waals surface area (Å²) in [5.41, 5.74) is 0.174. The Morgan fingerprint density at radius 2 is 1.86 bits per heavy atom. The molecule has 2 bridgehead atoms. The summed E-state index contributed by atoms with van der Waals surface area (Å²) in [6, 6.07) is 8.28. The first-order valence-electron chi connectivity index (χ1n) is 13.7. The lowest BCUT2D eigenvalue weighted by atomic mass is 9.51. The molecule has 1 aromatic heterocycles. The van der Waals surface area contributed by atoms with Gasteiger partial charge in [-0.15, -0.1) is 0 Å². The number of hydrogen-bond acceptors (Lipinski definition) is 6. The highest BCUT2D eigenvalue weighted by Gasteiger charge is 2.76. The van der Waals surface area contributed by atoms with Crippen LogP contribution in [0.2, 0.25) is 5.15 Å². The van der Waals surface area contributed by atoms with E-state index in [0.717, 1.165) is 36.5 Å². The minimum atomic E-state index is -1.01. The number of nitrogens with zero attached hydrogens (tertiary/aromatic N) is 2. The average Bonchev–Trinajstić information content (AvgIpc) is 3.40. The van der Waals surface area contributed by atoms with Gasteiger partial charge in [-0.2, -0.15) is 0 Å². The van der Waals surface area contributed by atoms with Gasteiger partial charge in [0.05, 0.1) is 23.4 Å². The number of likely N-dealkylation sites (N-methyl/N-ethyl adjacent to an activating group) is 1. The number of aliphatic hydroxyl groups is 3. The van der Waals surface area contributed by atoms with Gasteiger partial charge in [0.25, 0.3) is 0 Å². The number of pyridine rings is 1. The van der Waals surface area contributed by atoms with Gasteiger partial charge in [-0.25, -0.2) is 4.98 Å². The molecule has 2 spiro atoms. The van der Waals surface area contributed by atoms with E-state index >= 15 is 0 Å². The Hall–Kier alpha value is -1.54. The minimum absolute atomic E-state index is 0.138. The fraction of sp³-hybridized carbons (Fsp3) is 0.633. The third-order valence-corrected chi connectivity index (χ3v) is 11.6. The lowest BCUT2D eigenvalue weighted by Crippen LogP contribution is -2.73. The van der Waals surface area contributed by atoms with Crippen LogP contribution in [0.15, 0.2) is 36.5 Å². The maximum Gasteiger partial charge on any atom is 0.136 e. The van der Waals surface area contributed by atoms with Crippen molar-refractivity contribution in [1.82, 2.24) is 9.88 Å². The van der Waals surface area contributed by atoms with E-state index < -0.39 is 29.0 Å². The Balaban J connectivity index is 1.27. The predicted molar refractivity (Wildman–Crippen MR) is 143 cm³/mol. The van der Waals surface area contributed by atoms with Crippen molar-refractivity contribution in [2.24, 2.45) is 17.3 Å². The summed E-state index contributed by atoms with van der Waals surface area (Å²) >= 11 is 6.46. The van der Waals surface area contributed by atoms with E-state index in [4.69, 9.17) is 16.3 Å². The molecule has 0 amide bonds. The van der Waals surface area contributed by atoms with Gasteiger partial charge in [0.2, 0.25) is 0 Å². The van der Waals surface area contributed by atoms with Gasteiger partial charge < -0.3 is 25.0 Å². The topological polar surface area (TPSA) is 86.1 Å². The highest BCUT2D eigenvalue weighted by molar-refractivity contribution is 6.34. The van der Waals surface area contributed by atoms with E-state index in [1.54, 1.807) is 6.20 Å². The van der Waals surface area contributed by atoms with Gasteiger partial charge in [0.15, 0.2) is 0 Å². The number of aromatic nitrogens is 1. The lowest BCUT2D eigenvalue weighted by Gasteiger charge is -2.65. The summed E-state index contributed by atoms with van der Waals surface area (Å²) in [7, 11) is 3.91. The molecule has 5 aliphatic rings. The number of hydrogen-bond donors (Lipinski definition) is 3. The van der Waals surface area contributed by atoms with Crippen LogP contribution in [0.5, 0.6) is 0 Å². The molecule has 6 nitrogen and oxygen atoms in total. The summed E-state index contributed by atoms with van der Waals surface area (Å²) in [6.07, 6.45) is 7.47. The highest BCUT2D eigenvalue weighted by Crippen LogP contribution is 2.71. The zero-order chi connectivity index (χ0) is 26.0. The van der Waals surface area contributed by atoms with Crippen LogP contribution in [0.1, 0.15) is 57.4 Å². The molecule has 198 valence electrons. The van der Waals surface area contributed by atoms with E-state index in [1.165, 1.54) is 11.1 Å². The van der Waals surface area contributed by atoms with Crippen molar-refractivity contribution >= 4 is 27.9 Å². The van der Waals surface area contributed by atoms with Crippen molar-refractivity contribution < 1.29 is 20.1 Å². The Labute approximate surface area is 223 Å². The van der Waals surface area contributed by atoms with Crippen LogP contribution in [0.4, 0.5) is 0 Å². The van der Waals surface area contributed by atoms with Crippen molar-refractivity contribution in [2.75, 3.05) is 14.1 Å². The summed E-state index contributed by atoms with van der Waals surface area (Å²) in [5, 5.41) is 37.1. The van der Waals surface area contributed by atoms with Crippen LogP contribution in [0.3, 0.4) is 0 Å². The molecule has 0 radical (unpaired) electrons. The zero-order valence-electron chi connectivity index (χ0n) is 21.8. The van der Waals surface area contributed by atoms with Gasteiger partial charge in [0, 0.05) is 29.5 Å². The van der Waals surface area contributed by atoms with E-state index in [9.17, 15) is 15.3 Å². The van der Waals surface area contributed by atoms with Crippen LogP contribution >= 0.6 is 11.6 Å². The van der Waals surface area contributed by atoms with Crippen LogP contribution in [0.25, 0.3) is 16.3 Å². The van der Waals surface area contributed by atoms with Crippen LogP contribution in [-0.4, -0.2) is 74.4 Å². The number of benzene rings is 1. The Morgan fingerprint density at radius 1 is 1.05 bits per heavy atom. The molecule has 1 aromatic carbocycles. The molecule has 3 unspecified atom stereocenters. The third kappa shape index (κ3) is 3.03. The van der Waals surface area contributed by atoms with Crippen molar-refractivity contribution in [1.29, 1.82) is 0 Å². The van der Waals surface area contributed by atoms with Crippen LogP contribution in [0, 0.1) is 17.3 Å². The van der Waals surface area contributed by atoms with E-state index in [2.05, 4.69) is 36.2 Å². The smallest absolute Gasteiger partial charge is 0.136 e. The quantitative estimate of drug-likeness (QED) is 0.511. The second kappa shape index (κ2) is 7.77. The molecule has 2 saturated carbocycles. The highest BCUT2D eigenvalue weighted by atomic mass is 35.5. The Morgan fingerprint density at radius 3 is 2.65 bits per heavy atom. The lowest BCUT2D eigenvalue weighted by molar-refractivity contribution is -0.331. The summed E-state index contributed by atoms with van der Waals surface area (Å²) in [4.78, 5) is 6.29. The second-order valence-corrected chi connectivity index (χ2v) is 13.3. The Bertz CT molecular complexity index is 1320. The monoisotopic (exact) mass is 524 g/mol. The van der Waals surface area contributed by atoms with Crippen LogP contribution < -0.4 is 0 Å². The largest absolute Gasteiger partial charge is 0.390 e. The molecule has 2 aromatic rings. The number of ether oxygens (including phenoxy) is 1. The molecule has 7 rings (SSSR count).